The van der Waals surface area contributed by atoms with Gasteiger partial charge >= 0.3 is 6.18 Å². The lowest BCUT2D eigenvalue weighted by Crippen LogP contribution is -2.55. The summed E-state index contributed by atoms with van der Waals surface area (Å²) in [7, 11) is 2.04. The van der Waals surface area contributed by atoms with E-state index >= 15 is 0 Å². The number of alkyl halides is 3. The molecule has 2 aromatic rings. The number of aromatic nitrogens is 1. The summed E-state index contributed by atoms with van der Waals surface area (Å²) in [6.07, 6.45) is -0.788. The van der Waals surface area contributed by atoms with Crippen molar-refractivity contribution in [2.45, 2.75) is 43.5 Å². The summed E-state index contributed by atoms with van der Waals surface area (Å²) in [5.41, 5.74) is -2.34. The fourth-order valence-corrected chi connectivity index (χ4v) is 5.41. The van der Waals surface area contributed by atoms with E-state index in [2.05, 4.69) is 9.88 Å². The quantitative estimate of drug-likeness (QED) is 0.530. The molecule has 3 heterocycles. The minimum absolute atomic E-state index is 0. The Morgan fingerprint density at radius 1 is 1.22 bits per heavy atom. The molecule has 1 saturated carbocycles. The molecule has 2 aliphatic heterocycles. The van der Waals surface area contributed by atoms with Crippen LogP contribution >= 0.6 is 24.6 Å². The average molecular weight is 538 g/mol. The van der Waals surface area contributed by atoms with E-state index in [0.717, 1.165) is 43.1 Å². The number of benzene rings is 1. The van der Waals surface area contributed by atoms with Gasteiger partial charge in [0.25, 0.3) is 5.91 Å². The molecule has 5 rings (SSSR count). The molecule has 0 N–H and O–H groups in total. The Morgan fingerprint density at radius 3 is 2.44 bits per heavy atom. The lowest BCUT2D eigenvalue weighted by Gasteiger charge is -2.43. The van der Waals surface area contributed by atoms with Gasteiger partial charge in [0.15, 0.2) is 10.8 Å². The summed E-state index contributed by atoms with van der Waals surface area (Å²) in [6, 6.07) is 9.49. The van der Waals surface area contributed by atoms with Crippen LogP contribution in [0.4, 0.5) is 24.5 Å². The fraction of sp³-hybridized carbons (Fsp3) is 0.417. The van der Waals surface area contributed by atoms with Crippen molar-refractivity contribution in [3.8, 4) is 11.8 Å². The number of ether oxygens (including phenoxy) is 1. The second-order valence-corrected chi connectivity index (χ2v) is 9.49. The second kappa shape index (κ2) is 9.50. The predicted molar refractivity (Wildman–Crippen MR) is 133 cm³/mol. The molecule has 2 saturated heterocycles. The highest BCUT2D eigenvalue weighted by molar-refractivity contribution is 7.81. The van der Waals surface area contributed by atoms with E-state index in [-0.39, 0.29) is 35.2 Å². The van der Waals surface area contributed by atoms with Crippen LogP contribution in [0.25, 0.3) is 0 Å². The molecule has 0 radical (unpaired) electrons. The summed E-state index contributed by atoms with van der Waals surface area (Å²) < 4.78 is 46.6. The van der Waals surface area contributed by atoms with E-state index in [0.29, 0.717) is 24.3 Å². The number of hydrogen-bond donors (Lipinski definition) is 0. The van der Waals surface area contributed by atoms with Gasteiger partial charge in [-0.05, 0) is 75.3 Å². The first-order valence-corrected chi connectivity index (χ1v) is 11.7. The van der Waals surface area contributed by atoms with Crippen LogP contribution in [0.2, 0.25) is 0 Å². The minimum Gasteiger partial charge on any atom is -0.489 e. The predicted octanol–water partition coefficient (Wildman–Crippen LogP) is 4.54. The van der Waals surface area contributed by atoms with Crippen molar-refractivity contribution in [2.75, 3.05) is 29.9 Å². The van der Waals surface area contributed by atoms with Crippen molar-refractivity contribution in [3.63, 3.8) is 0 Å². The first kappa shape index (κ1) is 26.1. The van der Waals surface area contributed by atoms with Gasteiger partial charge in [-0.15, -0.1) is 12.4 Å². The molecule has 1 amide bonds. The topological polar surface area (TPSA) is 72.7 Å². The Kier molecular flexibility index (Phi) is 6.90. The maximum absolute atomic E-state index is 13.5. The first-order valence-electron chi connectivity index (χ1n) is 11.3. The number of nitriles is 1. The maximum atomic E-state index is 13.5. The van der Waals surface area contributed by atoms with Crippen molar-refractivity contribution in [1.29, 1.82) is 5.26 Å². The van der Waals surface area contributed by atoms with E-state index in [1.807, 2.05) is 31.3 Å². The second-order valence-electron chi connectivity index (χ2n) is 9.13. The molecule has 1 atom stereocenters. The van der Waals surface area contributed by atoms with Crippen LogP contribution in [-0.2, 0) is 11.0 Å². The van der Waals surface area contributed by atoms with Gasteiger partial charge < -0.3 is 14.5 Å². The van der Waals surface area contributed by atoms with Gasteiger partial charge in [-0.25, -0.2) is 4.98 Å². The van der Waals surface area contributed by atoms with Gasteiger partial charge in [0.05, 0.1) is 17.4 Å². The molecule has 12 heteroatoms. The summed E-state index contributed by atoms with van der Waals surface area (Å²) in [6.45, 7) is 1.83. The molecule has 1 spiro atoms. The van der Waals surface area contributed by atoms with Crippen LogP contribution in [0.3, 0.4) is 0 Å². The number of anilines is 2. The minimum atomic E-state index is -4.80. The molecule has 3 fully saturated rings. The van der Waals surface area contributed by atoms with Crippen molar-refractivity contribution in [1.82, 2.24) is 9.88 Å². The van der Waals surface area contributed by atoms with Crippen molar-refractivity contribution < 1.29 is 22.7 Å². The number of pyridine rings is 1. The number of nitrogens with zero attached hydrogens (tertiary/aromatic N) is 5. The van der Waals surface area contributed by atoms with Gasteiger partial charge in [0, 0.05) is 18.8 Å². The van der Waals surface area contributed by atoms with Crippen LogP contribution in [0.5, 0.6) is 5.75 Å². The highest BCUT2D eigenvalue weighted by Gasteiger charge is 2.59. The smallest absolute Gasteiger partial charge is 0.419 e. The average Bonchev–Trinajstić information content (AvgIpc) is 3.30. The number of carbonyl (C=O) groups is 1. The van der Waals surface area contributed by atoms with Crippen LogP contribution in [-0.4, -0.2) is 52.7 Å². The summed E-state index contributed by atoms with van der Waals surface area (Å²) >= 11 is 5.63. The zero-order valence-electron chi connectivity index (χ0n) is 19.3. The molecule has 3 aliphatic rings. The number of amides is 1. The molecule has 36 heavy (non-hydrogen) atoms. The molecule has 1 aromatic heterocycles. The Morgan fingerprint density at radius 2 is 1.92 bits per heavy atom. The Labute approximate surface area is 217 Å². The third-order valence-corrected chi connectivity index (χ3v) is 7.25. The van der Waals surface area contributed by atoms with E-state index < -0.39 is 23.0 Å². The molecular weight excluding hydrogens is 515 g/mol. The van der Waals surface area contributed by atoms with Gasteiger partial charge in [-0.1, -0.05) is 0 Å². The zero-order chi connectivity index (χ0) is 25.0. The summed E-state index contributed by atoms with van der Waals surface area (Å²) in [5, 5.41) is 9.13. The number of likely N-dealkylation sites (tertiary alicyclic amines) is 1. The van der Waals surface area contributed by atoms with Gasteiger partial charge in [-0.3, -0.25) is 9.69 Å². The van der Waals surface area contributed by atoms with E-state index in [1.54, 1.807) is 4.90 Å². The lowest BCUT2D eigenvalue weighted by molar-refractivity contribution is -0.138. The lowest BCUT2D eigenvalue weighted by atomic mass is 9.75. The molecule has 1 aromatic carbocycles. The number of carbonyl (C=O) groups excluding carboxylic acids is 1. The van der Waals surface area contributed by atoms with E-state index in [9.17, 15) is 18.0 Å². The Hall–Kier alpha value is -2.94. The van der Waals surface area contributed by atoms with Crippen LogP contribution < -0.4 is 14.5 Å². The number of halogens is 4. The highest BCUT2D eigenvalue weighted by atomic mass is 35.5. The summed E-state index contributed by atoms with van der Waals surface area (Å²) in [4.78, 5) is 22.2. The molecule has 0 bridgehead atoms. The monoisotopic (exact) mass is 537 g/mol. The van der Waals surface area contributed by atoms with Gasteiger partial charge in [0.2, 0.25) is 0 Å². The summed E-state index contributed by atoms with van der Waals surface area (Å²) in [5.74, 6) is 0.318. The molecule has 7 nitrogen and oxygen atoms in total. The van der Waals surface area contributed by atoms with E-state index in [1.165, 1.54) is 6.07 Å². The molecule has 0 unspecified atom stereocenters. The van der Waals surface area contributed by atoms with Crippen LogP contribution in [0.15, 0.2) is 36.5 Å². The van der Waals surface area contributed by atoms with Crippen molar-refractivity contribution >= 4 is 47.0 Å². The normalized spacial score (nSPS) is 21.4. The SMILES string of the molecule is CN1CC[C@@H](Oc2ccc(N3C(=S)N(c4cnc(C#N)c(C(F)(F)F)c4)C(=O)C34CCC4)cc2)C1.Cl. The third-order valence-electron chi connectivity index (χ3n) is 6.88. The van der Waals surface area contributed by atoms with Gasteiger partial charge in [-0.2, -0.15) is 18.4 Å². The van der Waals surface area contributed by atoms with Crippen molar-refractivity contribution in [3.05, 3.63) is 47.8 Å². The number of rotatable bonds is 4. The van der Waals surface area contributed by atoms with Crippen LogP contribution in [0.1, 0.15) is 36.9 Å². The molecular formula is C24H23ClF3N5O2S. The van der Waals surface area contributed by atoms with Gasteiger partial charge in [0.1, 0.15) is 23.5 Å². The van der Waals surface area contributed by atoms with E-state index in [4.69, 9.17) is 22.2 Å². The number of hydrogen-bond acceptors (Lipinski definition) is 6. The Balaban J connectivity index is 0.00000304. The largest absolute Gasteiger partial charge is 0.489 e. The Bertz CT molecular complexity index is 1230. The maximum Gasteiger partial charge on any atom is 0.419 e. The standard InChI is InChI=1S/C24H22F3N5O2S.ClH/c1-30-10-7-18(14-30)34-17-5-3-15(4-6-17)32-22(35)31(21(33)23(32)8-2-9-23)16-11-19(24(25,26)27)20(12-28)29-13-16;/h3-6,11,13,18H,2,7-10,14H2,1H3;1H/t18-;/m1./s1. The third kappa shape index (κ3) is 4.27. The molecule has 190 valence electrons. The van der Waals surface area contributed by atoms with Crippen LogP contribution in [0, 0.1) is 11.3 Å². The first-order chi connectivity index (χ1) is 16.6. The van der Waals surface area contributed by atoms with Crippen molar-refractivity contribution in [2.24, 2.45) is 0 Å². The highest BCUT2D eigenvalue weighted by Crippen LogP contribution is 2.48. The zero-order valence-corrected chi connectivity index (χ0v) is 20.9. The number of likely N-dealkylation sites (N-methyl/N-ethyl adjacent to an activating group) is 1. The molecule has 1 aliphatic carbocycles. The number of thiocarbonyl (C=S) groups is 1. The fourth-order valence-electron chi connectivity index (χ4n) is 4.95.